The summed E-state index contributed by atoms with van der Waals surface area (Å²) in [6.45, 7) is 5.04. The number of hydrogen-bond acceptors (Lipinski definition) is 5. The first-order valence-corrected chi connectivity index (χ1v) is 9.62. The SMILES string of the molecule is CC1CCCN(c2ccc(CNC(=O)c3ccc(-n4cnnc4)nc3)cc2)C1. The summed E-state index contributed by atoms with van der Waals surface area (Å²) in [5.74, 6) is 1.28. The van der Waals surface area contributed by atoms with Crippen LogP contribution in [0, 0.1) is 5.92 Å². The van der Waals surface area contributed by atoms with Gasteiger partial charge >= 0.3 is 0 Å². The fourth-order valence-corrected chi connectivity index (χ4v) is 3.53. The van der Waals surface area contributed by atoms with Gasteiger partial charge < -0.3 is 10.2 Å². The van der Waals surface area contributed by atoms with E-state index in [0.29, 0.717) is 17.9 Å². The molecule has 0 saturated carbocycles. The molecule has 0 aliphatic carbocycles. The number of hydrogen-bond donors (Lipinski definition) is 1. The Morgan fingerprint density at radius 3 is 2.61 bits per heavy atom. The normalized spacial score (nSPS) is 16.8. The Balaban J connectivity index is 1.33. The van der Waals surface area contributed by atoms with Crippen LogP contribution in [0.5, 0.6) is 0 Å². The van der Waals surface area contributed by atoms with E-state index in [2.05, 4.69) is 56.6 Å². The molecule has 144 valence electrons. The van der Waals surface area contributed by atoms with E-state index in [1.165, 1.54) is 18.5 Å². The lowest BCUT2D eigenvalue weighted by Gasteiger charge is -2.32. The standard InChI is InChI=1S/C21H24N6O/c1-16-3-2-10-26(13-16)19-7-4-17(5-8-19)11-23-21(28)18-6-9-20(22-12-18)27-14-24-25-15-27/h4-9,12,14-16H,2-3,10-11,13H2,1H3,(H,23,28). The highest BCUT2D eigenvalue weighted by atomic mass is 16.1. The smallest absolute Gasteiger partial charge is 0.253 e. The molecule has 4 rings (SSSR count). The van der Waals surface area contributed by atoms with Crippen LogP contribution in [0.3, 0.4) is 0 Å². The summed E-state index contributed by atoms with van der Waals surface area (Å²) in [5.41, 5.74) is 2.86. The molecule has 3 aromatic rings. The van der Waals surface area contributed by atoms with E-state index in [4.69, 9.17) is 0 Å². The van der Waals surface area contributed by atoms with Gasteiger partial charge in [0.25, 0.3) is 5.91 Å². The van der Waals surface area contributed by atoms with E-state index in [9.17, 15) is 4.79 Å². The predicted octanol–water partition coefficient (Wildman–Crippen LogP) is 2.83. The molecule has 1 unspecified atom stereocenters. The molecule has 1 fully saturated rings. The Bertz CT molecular complexity index is 905. The van der Waals surface area contributed by atoms with Crippen LogP contribution in [0.4, 0.5) is 5.69 Å². The van der Waals surface area contributed by atoms with Gasteiger partial charge in [-0.3, -0.25) is 9.36 Å². The molecule has 0 spiro atoms. The number of carbonyl (C=O) groups is 1. The van der Waals surface area contributed by atoms with Crippen LogP contribution < -0.4 is 10.2 Å². The minimum atomic E-state index is -0.142. The molecular formula is C21H24N6O. The Morgan fingerprint density at radius 2 is 1.93 bits per heavy atom. The van der Waals surface area contributed by atoms with Gasteiger partial charge in [-0.25, -0.2) is 4.98 Å². The zero-order valence-electron chi connectivity index (χ0n) is 16.0. The highest BCUT2D eigenvalue weighted by Gasteiger charge is 2.16. The van der Waals surface area contributed by atoms with Crippen molar-refractivity contribution in [1.82, 2.24) is 25.1 Å². The van der Waals surface area contributed by atoms with Crippen molar-refractivity contribution in [2.45, 2.75) is 26.3 Å². The van der Waals surface area contributed by atoms with Gasteiger partial charge in [0.1, 0.15) is 18.5 Å². The highest BCUT2D eigenvalue weighted by Crippen LogP contribution is 2.23. The summed E-state index contributed by atoms with van der Waals surface area (Å²) >= 11 is 0. The van der Waals surface area contributed by atoms with E-state index in [1.807, 2.05) is 0 Å². The number of nitrogens with zero attached hydrogens (tertiary/aromatic N) is 5. The third kappa shape index (κ3) is 4.19. The Hall–Kier alpha value is -3.22. The van der Waals surface area contributed by atoms with E-state index in [0.717, 1.165) is 24.6 Å². The Kier molecular flexibility index (Phi) is 5.32. The summed E-state index contributed by atoms with van der Waals surface area (Å²) in [4.78, 5) is 19.1. The van der Waals surface area contributed by atoms with Crippen LogP contribution >= 0.6 is 0 Å². The maximum Gasteiger partial charge on any atom is 0.253 e. The van der Waals surface area contributed by atoms with Crippen molar-refractivity contribution in [2.24, 2.45) is 5.92 Å². The van der Waals surface area contributed by atoms with Crippen molar-refractivity contribution in [2.75, 3.05) is 18.0 Å². The van der Waals surface area contributed by atoms with Gasteiger partial charge in [0.15, 0.2) is 0 Å². The Morgan fingerprint density at radius 1 is 1.14 bits per heavy atom. The number of benzene rings is 1. The van der Waals surface area contributed by atoms with Gasteiger partial charge in [-0.1, -0.05) is 19.1 Å². The summed E-state index contributed by atoms with van der Waals surface area (Å²) in [7, 11) is 0. The number of aromatic nitrogens is 4. The fourth-order valence-electron chi connectivity index (χ4n) is 3.53. The first-order chi connectivity index (χ1) is 13.7. The number of pyridine rings is 1. The van der Waals surface area contributed by atoms with Gasteiger partial charge in [-0.2, -0.15) is 0 Å². The molecule has 0 bridgehead atoms. The number of carbonyl (C=O) groups excluding carboxylic acids is 1. The first kappa shape index (κ1) is 18.2. The number of rotatable bonds is 5. The molecule has 1 N–H and O–H groups in total. The number of amides is 1. The maximum atomic E-state index is 12.4. The quantitative estimate of drug-likeness (QED) is 0.741. The molecule has 1 aliphatic heterocycles. The van der Waals surface area contributed by atoms with Gasteiger partial charge in [0.05, 0.1) is 5.56 Å². The van der Waals surface area contributed by atoms with E-state index < -0.39 is 0 Å². The van der Waals surface area contributed by atoms with Crippen LogP contribution in [0.2, 0.25) is 0 Å². The van der Waals surface area contributed by atoms with E-state index in [1.54, 1.807) is 35.6 Å². The molecule has 7 nitrogen and oxygen atoms in total. The van der Waals surface area contributed by atoms with Gasteiger partial charge in [-0.05, 0) is 48.6 Å². The van der Waals surface area contributed by atoms with Crippen LogP contribution in [-0.4, -0.2) is 38.7 Å². The number of nitrogens with one attached hydrogen (secondary N) is 1. The van der Waals surface area contributed by atoms with E-state index >= 15 is 0 Å². The monoisotopic (exact) mass is 376 g/mol. The molecule has 28 heavy (non-hydrogen) atoms. The first-order valence-electron chi connectivity index (χ1n) is 9.62. The third-order valence-electron chi connectivity index (χ3n) is 5.10. The predicted molar refractivity (Wildman–Crippen MR) is 107 cm³/mol. The topological polar surface area (TPSA) is 75.9 Å². The van der Waals surface area contributed by atoms with Crippen LogP contribution in [0.25, 0.3) is 5.82 Å². The summed E-state index contributed by atoms with van der Waals surface area (Å²) in [5, 5.41) is 10.5. The summed E-state index contributed by atoms with van der Waals surface area (Å²) in [6.07, 6.45) is 7.26. The molecule has 1 aromatic carbocycles. The lowest BCUT2D eigenvalue weighted by Crippen LogP contribution is -2.34. The lowest BCUT2D eigenvalue weighted by molar-refractivity contribution is 0.0950. The molecule has 1 saturated heterocycles. The van der Waals surface area contributed by atoms with Crippen LogP contribution in [0.15, 0.2) is 55.2 Å². The van der Waals surface area contributed by atoms with Crippen molar-refractivity contribution >= 4 is 11.6 Å². The number of piperidine rings is 1. The molecule has 3 heterocycles. The van der Waals surface area contributed by atoms with Crippen molar-refractivity contribution in [3.05, 3.63) is 66.4 Å². The number of anilines is 1. The maximum absolute atomic E-state index is 12.4. The second-order valence-electron chi connectivity index (χ2n) is 7.32. The summed E-state index contributed by atoms with van der Waals surface area (Å²) < 4.78 is 1.69. The highest BCUT2D eigenvalue weighted by molar-refractivity contribution is 5.93. The van der Waals surface area contributed by atoms with Crippen LogP contribution in [0.1, 0.15) is 35.7 Å². The zero-order chi connectivity index (χ0) is 19.3. The van der Waals surface area contributed by atoms with Gasteiger partial charge in [-0.15, -0.1) is 10.2 Å². The largest absolute Gasteiger partial charge is 0.371 e. The average molecular weight is 376 g/mol. The molecule has 1 amide bonds. The van der Waals surface area contributed by atoms with Crippen molar-refractivity contribution in [3.63, 3.8) is 0 Å². The van der Waals surface area contributed by atoms with Gasteiger partial charge in [0, 0.05) is 31.5 Å². The third-order valence-corrected chi connectivity index (χ3v) is 5.10. The summed E-state index contributed by atoms with van der Waals surface area (Å²) in [6, 6.07) is 12.0. The second-order valence-corrected chi connectivity index (χ2v) is 7.32. The van der Waals surface area contributed by atoms with E-state index in [-0.39, 0.29) is 5.91 Å². The molecule has 1 aliphatic rings. The van der Waals surface area contributed by atoms with Crippen LogP contribution in [-0.2, 0) is 6.54 Å². The second kappa shape index (κ2) is 8.21. The molecule has 2 aromatic heterocycles. The molecule has 1 atom stereocenters. The average Bonchev–Trinajstić information content (AvgIpc) is 3.27. The molecule has 0 radical (unpaired) electrons. The fraction of sp³-hybridized carbons (Fsp3) is 0.333. The molecule has 7 heteroatoms. The lowest BCUT2D eigenvalue weighted by atomic mass is 9.99. The van der Waals surface area contributed by atoms with Crippen molar-refractivity contribution in [1.29, 1.82) is 0 Å². The van der Waals surface area contributed by atoms with Crippen molar-refractivity contribution < 1.29 is 4.79 Å². The zero-order valence-corrected chi connectivity index (χ0v) is 16.0. The minimum absolute atomic E-state index is 0.142. The van der Waals surface area contributed by atoms with Crippen molar-refractivity contribution in [3.8, 4) is 5.82 Å². The molecular weight excluding hydrogens is 352 g/mol. The minimum Gasteiger partial charge on any atom is -0.371 e. The van der Waals surface area contributed by atoms with Gasteiger partial charge in [0.2, 0.25) is 0 Å². The Labute approximate surface area is 164 Å².